The minimum atomic E-state index is -2.11. The van der Waals surface area contributed by atoms with Gasteiger partial charge >= 0.3 is 0 Å². The smallest absolute Gasteiger partial charge is 0.258 e. The SMILES string of the molecule is [2H]C([2H])(Oc1nc(-c2cc(C)c3c(c2)CN(C)CC3)cnc1N)c1ccncc1. The van der Waals surface area contributed by atoms with Gasteiger partial charge in [-0.2, -0.15) is 0 Å². The Bertz CT molecular complexity index is 1040. The van der Waals surface area contributed by atoms with Gasteiger partial charge in [-0.1, -0.05) is 0 Å². The fourth-order valence-corrected chi connectivity index (χ4v) is 3.33. The van der Waals surface area contributed by atoms with Crippen LogP contribution in [0, 0.1) is 6.92 Å². The lowest BCUT2D eigenvalue weighted by Crippen LogP contribution is -2.27. The molecule has 0 bridgehead atoms. The number of pyridine rings is 1. The maximum Gasteiger partial charge on any atom is 0.258 e. The molecule has 0 saturated carbocycles. The number of hydrogen-bond acceptors (Lipinski definition) is 6. The topological polar surface area (TPSA) is 77.2 Å². The number of anilines is 1. The molecule has 0 saturated heterocycles. The van der Waals surface area contributed by atoms with E-state index in [-0.39, 0.29) is 11.7 Å². The lowest BCUT2D eigenvalue weighted by Gasteiger charge is -2.27. The summed E-state index contributed by atoms with van der Waals surface area (Å²) >= 11 is 0. The van der Waals surface area contributed by atoms with Crippen molar-refractivity contribution in [3.8, 4) is 17.1 Å². The predicted octanol–water partition coefficient (Wildman–Crippen LogP) is 3.00. The summed E-state index contributed by atoms with van der Waals surface area (Å²) in [5, 5.41) is 0. The second-order valence-corrected chi connectivity index (χ2v) is 6.80. The number of ether oxygens (including phenoxy) is 1. The first-order valence-electron chi connectivity index (χ1n) is 9.87. The molecule has 4 rings (SSSR count). The van der Waals surface area contributed by atoms with Crippen LogP contribution in [0.5, 0.6) is 5.88 Å². The molecule has 1 aliphatic heterocycles. The quantitative estimate of drug-likeness (QED) is 0.768. The Morgan fingerprint density at radius 1 is 1.30 bits per heavy atom. The van der Waals surface area contributed by atoms with Crippen LogP contribution in [0.1, 0.15) is 25.0 Å². The van der Waals surface area contributed by atoms with E-state index in [4.69, 9.17) is 13.2 Å². The molecule has 0 radical (unpaired) electrons. The number of fused-ring (bicyclic) bond motifs is 1. The number of nitrogens with two attached hydrogens (primary N) is 1. The van der Waals surface area contributed by atoms with Gasteiger partial charge in [-0.25, -0.2) is 9.97 Å². The summed E-state index contributed by atoms with van der Waals surface area (Å²) < 4.78 is 22.0. The monoisotopic (exact) mass is 363 g/mol. The van der Waals surface area contributed by atoms with Gasteiger partial charge in [0.15, 0.2) is 5.82 Å². The van der Waals surface area contributed by atoms with Crippen LogP contribution in [0.15, 0.2) is 42.9 Å². The highest BCUT2D eigenvalue weighted by atomic mass is 16.5. The summed E-state index contributed by atoms with van der Waals surface area (Å²) in [6, 6.07) is 7.32. The van der Waals surface area contributed by atoms with Gasteiger partial charge in [0.2, 0.25) is 0 Å². The van der Waals surface area contributed by atoms with Crippen LogP contribution in [0.4, 0.5) is 5.82 Å². The van der Waals surface area contributed by atoms with Crippen LogP contribution < -0.4 is 10.5 Å². The van der Waals surface area contributed by atoms with Crippen molar-refractivity contribution in [2.45, 2.75) is 26.4 Å². The van der Waals surface area contributed by atoms with Crippen molar-refractivity contribution in [2.75, 3.05) is 19.3 Å². The van der Waals surface area contributed by atoms with Crippen molar-refractivity contribution in [2.24, 2.45) is 0 Å². The van der Waals surface area contributed by atoms with Crippen LogP contribution in [-0.4, -0.2) is 33.4 Å². The van der Waals surface area contributed by atoms with Gasteiger partial charge in [0.1, 0.15) is 6.56 Å². The Labute approximate surface area is 161 Å². The number of aromatic nitrogens is 3. The molecule has 1 aliphatic rings. The maximum atomic E-state index is 8.25. The van der Waals surface area contributed by atoms with E-state index in [1.165, 1.54) is 29.1 Å². The molecule has 3 heterocycles. The Morgan fingerprint density at radius 3 is 2.93 bits per heavy atom. The molecule has 6 nitrogen and oxygen atoms in total. The fraction of sp³-hybridized carbons (Fsp3) is 0.286. The van der Waals surface area contributed by atoms with Gasteiger partial charge in [0.25, 0.3) is 5.88 Å². The molecule has 27 heavy (non-hydrogen) atoms. The van der Waals surface area contributed by atoms with Crippen molar-refractivity contribution in [1.29, 1.82) is 0 Å². The number of benzene rings is 1. The summed E-state index contributed by atoms with van der Waals surface area (Å²) in [6.45, 7) is 1.94. The molecule has 0 atom stereocenters. The van der Waals surface area contributed by atoms with E-state index < -0.39 is 6.56 Å². The van der Waals surface area contributed by atoms with Gasteiger partial charge in [-0.3, -0.25) is 4.98 Å². The lowest BCUT2D eigenvalue weighted by atomic mass is 9.92. The third-order valence-corrected chi connectivity index (χ3v) is 4.76. The molecular weight excluding hydrogens is 338 g/mol. The molecule has 3 aromatic rings. The summed E-state index contributed by atoms with van der Waals surface area (Å²) in [7, 11) is 2.11. The molecule has 1 aromatic carbocycles. The minimum absolute atomic E-state index is 0.0307. The number of rotatable bonds is 4. The first kappa shape index (κ1) is 15.1. The molecule has 0 unspecified atom stereocenters. The largest absolute Gasteiger partial charge is 0.470 e. The third-order valence-electron chi connectivity index (χ3n) is 4.76. The summed E-state index contributed by atoms with van der Waals surface area (Å²) in [5.41, 5.74) is 11.7. The summed E-state index contributed by atoms with van der Waals surface area (Å²) in [5.74, 6) is 0.0119. The van der Waals surface area contributed by atoms with Crippen molar-refractivity contribution in [1.82, 2.24) is 19.9 Å². The Kier molecular flexibility index (Phi) is 4.10. The van der Waals surface area contributed by atoms with Crippen LogP contribution in [0.25, 0.3) is 11.3 Å². The number of likely N-dealkylation sites (N-methyl/N-ethyl adjacent to an activating group) is 1. The molecule has 6 heteroatoms. The molecule has 2 aromatic heterocycles. The van der Waals surface area contributed by atoms with Gasteiger partial charge < -0.3 is 15.4 Å². The second kappa shape index (κ2) is 7.32. The van der Waals surface area contributed by atoms with E-state index in [9.17, 15) is 0 Å². The van der Waals surface area contributed by atoms with Crippen molar-refractivity contribution in [3.05, 3.63) is 65.1 Å². The van der Waals surface area contributed by atoms with Crippen molar-refractivity contribution >= 4 is 5.82 Å². The number of nitrogen functional groups attached to an aromatic ring is 1. The normalized spacial score (nSPS) is 15.6. The average Bonchev–Trinajstić information content (AvgIpc) is 2.70. The van der Waals surface area contributed by atoms with Crippen molar-refractivity contribution in [3.63, 3.8) is 0 Å². The van der Waals surface area contributed by atoms with Gasteiger partial charge in [0, 0.05) is 31.0 Å². The molecular formula is C21H23N5O. The summed E-state index contributed by atoms with van der Waals surface area (Å²) in [4.78, 5) is 14.9. The highest BCUT2D eigenvalue weighted by Crippen LogP contribution is 2.29. The highest BCUT2D eigenvalue weighted by Gasteiger charge is 2.17. The zero-order chi connectivity index (χ0) is 20.6. The Morgan fingerprint density at radius 2 is 2.11 bits per heavy atom. The van der Waals surface area contributed by atoms with Gasteiger partial charge in [-0.05, 0) is 66.9 Å². The van der Waals surface area contributed by atoms with E-state index >= 15 is 0 Å². The second-order valence-electron chi connectivity index (χ2n) is 6.80. The summed E-state index contributed by atoms with van der Waals surface area (Å²) in [6.07, 6.45) is 5.65. The average molecular weight is 363 g/mol. The van der Waals surface area contributed by atoms with E-state index in [0.29, 0.717) is 11.3 Å². The predicted molar refractivity (Wildman–Crippen MR) is 105 cm³/mol. The molecule has 0 amide bonds. The van der Waals surface area contributed by atoms with Crippen LogP contribution >= 0.6 is 0 Å². The van der Waals surface area contributed by atoms with Crippen LogP contribution in [0.3, 0.4) is 0 Å². The van der Waals surface area contributed by atoms with E-state index in [1.807, 2.05) is 0 Å². The van der Waals surface area contributed by atoms with E-state index in [0.717, 1.165) is 25.1 Å². The Balaban J connectivity index is 1.69. The zero-order valence-electron chi connectivity index (χ0n) is 17.4. The minimum Gasteiger partial charge on any atom is -0.470 e. The van der Waals surface area contributed by atoms with E-state index in [2.05, 4.69) is 46.0 Å². The molecule has 0 fully saturated rings. The Hall–Kier alpha value is -2.99. The van der Waals surface area contributed by atoms with Crippen molar-refractivity contribution < 1.29 is 7.48 Å². The standard InChI is InChI=1S/C21H23N5O/c1-14-9-16(10-17-12-26(2)8-5-18(14)17)19-11-24-20(22)21(25-19)27-13-15-3-6-23-7-4-15/h3-4,6-7,9-11H,5,8,12-13H2,1-2H3,(H2,22,24)/i13D2. The zero-order valence-corrected chi connectivity index (χ0v) is 15.4. The lowest BCUT2D eigenvalue weighted by molar-refractivity contribution is 0.295. The molecule has 2 N–H and O–H groups in total. The first-order valence-corrected chi connectivity index (χ1v) is 8.87. The maximum absolute atomic E-state index is 8.25. The highest BCUT2D eigenvalue weighted by molar-refractivity contribution is 5.64. The molecule has 0 spiro atoms. The third kappa shape index (κ3) is 3.75. The fourth-order valence-electron chi connectivity index (χ4n) is 3.33. The molecule has 0 aliphatic carbocycles. The first-order chi connectivity index (χ1) is 13.8. The van der Waals surface area contributed by atoms with Gasteiger partial charge in [0.05, 0.1) is 14.6 Å². The van der Waals surface area contributed by atoms with E-state index in [1.54, 1.807) is 18.3 Å². The van der Waals surface area contributed by atoms with Crippen LogP contribution in [-0.2, 0) is 19.5 Å². The number of aryl methyl sites for hydroxylation is 1. The molecule has 138 valence electrons. The number of nitrogens with zero attached hydrogens (tertiary/aromatic N) is 4. The van der Waals surface area contributed by atoms with Crippen LogP contribution in [0.2, 0.25) is 0 Å². The number of hydrogen-bond donors (Lipinski definition) is 1. The van der Waals surface area contributed by atoms with Gasteiger partial charge in [-0.15, -0.1) is 0 Å².